The smallest absolute Gasteiger partial charge is 0.258 e. The van der Waals surface area contributed by atoms with Crippen LogP contribution in [0, 0.1) is 11.6 Å². The van der Waals surface area contributed by atoms with E-state index in [9.17, 15) is 18.7 Å². The number of pyridine rings is 2. The van der Waals surface area contributed by atoms with Crippen LogP contribution in [0.5, 0.6) is 11.5 Å². The highest BCUT2D eigenvalue weighted by Gasteiger charge is 2.34. The Balaban J connectivity index is 0.00000204. The van der Waals surface area contributed by atoms with Crippen molar-refractivity contribution in [3.05, 3.63) is 89.2 Å². The third-order valence-electron chi connectivity index (χ3n) is 8.23. The Morgan fingerprint density at radius 2 is 1.72 bits per heavy atom. The predicted molar refractivity (Wildman–Crippen MR) is 177 cm³/mol. The molecule has 0 aliphatic carbocycles. The Labute approximate surface area is 272 Å². The van der Waals surface area contributed by atoms with Crippen LogP contribution in [-0.2, 0) is 13.1 Å². The van der Waals surface area contributed by atoms with Gasteiger partial charge in [0.1, 0.15) is 29.0 Å². The van der Waals surface area contributed by atoms with Crippen molar-refractivity contribution in [2.24, 2.45) is 0 Å². The Morgan fingerprint density at radius 3 is 2.35 bits per heavy atom. The summed E-state index contributed by atoms with van der Waals surface area (Å²) in [6.45, 7) is 3.62. The molecule has 0 unspecified atom stereocenters. The summed E-state index contributed by atoms with van der Waals surface area (Å²) in [6, 6.07) is 14.2. The molecule has 1 fully saturated rings. The second-order valence-electron chi connectivity index (χ2n) is 11.3. The summed E-state index contributed by atoms with van der Waals surface area (Å²) in [4.78, 5) is 26.7. The first kappa shape index (κ1) is 33.0. The van der Waals surface area contributed by atoms with Crippen LogP contribution in [0.2, 0.25) is 0 Å². The van der Waals surface area contributed by atoms with Crippen molar-refractivity contribution >= 4 is 35.7 Å². The van der Waals surface area contributed by atoms with Crippen LogP contribution in [0.25, 0.3) is 11.3 Å². The number of carbonyl (C=O) groups is 1. The number of rotatable bonds is 8. The number of aromatic nitrogens is 2. The van der Waals surface area contributed by atoms with Gasteiger partial charge >= 0.3 is 0 Å². The number of aliphatic hydroxyl groups is 1. The summed E-state index contributed by atoms with van der Waals surface area (Å²) in [5.74, 6) is -0.155. The minimum Gasteiger partial charge on any atom is -0.497 e. The van der Waals surface area contributed by atoms with Gasteiger partial charge in [0.25, 0.3) is 5.91 Å². The third-order valence-corrected chi connectivity index (χ3v) is 8.23. The van der Waals surface area contributed by atoms with E-state index >= 15 is 0 Å². The van der Waals surface area contributed by atoms with Crippen LogP contribution in [0.3, 0.4) is 0 Å². The zero-order valence-corrected chi connectivity index (χ0v) is 27.1. The highest BCUT2D eigenvalue weighted by Crippen LogP contribution is 2.37. The summed E-state index contributed by atoms with van der Waals surface area (Å²) >= 11 is 3.53. The molecule has 0 saturated carbocycles. The zero-order valence-electron chi connectivity index (χ0n) is 26.2. The standard InChI is InChI=1S/C33H33F2N5O4.CH4S/c1-33(42)11-13-39(14-12-33)21-8-10-29(36-17-21)38-26-16-25(30-23(34)5-4-6-24(30)35)37-27-19-40(32(41)31(26)27)18-20-7-9-22(43-2)15-28(20)44-3;1-2/h4-10,15-17,42H,11-14,18-19H2,1-3H3,(H,36,37,38);2H,1H3. The summed E-state index contributed by atoms with van der Waals surface area (Å²) in [5, 5.41) is 13.5. The number of ether oxygens (including phenoxy) is 2. The van der Waals surface area contributed by atoms with Gasteiger partial charge in [-0.3, -0.25) is 4.79 Å². The molecule has 4 aromatic rings. The van der Waals surface area contributed by atoms with Gasteiger partial charge in [0.05, 0.1) is 73.0 Å². The SMILES string of the molecule is COc1ccc(CN2Cc3nc(-c4c(F)cccc4F)cc(Nc4ccc(N5CCC(C)(O)CC5)cn4)c3C2=O)c(OC)c1.CS. The molecule has 46 heavy (non-hydrogen) atoms. The fourth-order valence-electron chi connectivity index (χ4n) is 5.68. The minimum atomic E-state index is -0.754. The van der Waals surface area contributed by atoms with Gasteiger partial charge in [-0.2, -0.15) is 12.6 Å². The predicted octanol–water partition coefficient (Wildman–Crippen LogP) is 6.24. The lowest BCUT2D eigenvalue weighted by Crippen LogP contribution is -2.42. The molecule has 0 bridgehead atoms. The van der Waals surface area contributed by atoms with Crippen molar-refractivity contribution in [2.75, 3.05) is 43.8 Å². The topological polar surface area (TPSA) is 100 Å². The molecule has 1 amide bonds. The van der Waals surface area contributed by atoms with E-state index in [0.717, 1.165) is 11.3 Å². The van der Waals surface area contributed by atoms with Crippen molar-refractivity contribution in [2.45, 2.75) is 38.5 Å². The van der Waals surface area contributed by atoms with Gasteiger partial charge in [0, 0.05) is 24.7 Å². The molecule has 242 valence electrons. The molecule has 9 nitrogen and oxygen atoms in total. The lowest BCUT2D eigenvalue weighted by molar-refractivity contribution is 0.0351. The number of hydrogen-bond acceptors (Lipinski definition) is 9. The average Bonchev–Trinajstić information content (AvgIpc) is 3.37. The normalized spacial score (nSPS) is 15.2. The van der Waals surface area contributed by atoms with Gasteiger partial charge in [-0.25, -0.2) is 18.7 Å². The number of amides is 1. The monoisotopic (exact) mass is 649 g/mol. The molecule has 6 rings (SSSR count). The Bertz CT molecular complexity index is 1690. The second kappa shape index (κ2) is 13.9. The summed E-state index contributed by atoms with van der Waals surface area (Å²) in [6.07, 6.45) is 4.74. The molecule has 0 spiro atoms. The van der Waals surface area contributed by atoms with E-state index in [1.165, 1.54) is 24.3 Å². The van der Waals surface area contributed by atoms with Crippen LogP contribution < -0.4 is 19.7 Å². The number of benzene rings is 2. The molecule has 4 heterocycles. The Morgan fingerprint density at radius 1 is 1.00 bits per heavy atom. The second-order valence-corrected chi connectivity index (χ2v) is 11.3. The summed E-state index contributed by atoms with van der Waals surface area (Å²) in [7, 11) is 3.11. The molecule has 2 aromatic carbocycles. The minimum absolute atomic E-state index is 0.0653. The fourth-order valence-corrected chi connectivity index (χ4v) is 5.68. The highest BCUT2D eigenvalue weighted by molar-refractivity contribution is 7.79. The average molecular weight is 650 g/mol. The summed E-state index contributed by atoms with van der Waals surface area (Å²) < 4.78 is 40.6. The molecule has 0 radical (unpaired) electrons. The van der Waals surface area contributed by atoms with Gasteiger partial charge in [0.15, 0.2) is 0 Å². The molecule has 2 aliphatic heterocycles. The number of anilines is 3. The van der Waals surface area contributed by atoms with Crippen molar-refractivity contribution in [1.82, 2.24) is 14.9 Å². The zero-order chi connectivity index (χ0) is 33.0. The number of nitrogens with one attached hydrogen (secondary N) is 1. The molecular formula is C34H37F2N5O4S. The van der Waals surface area contributed by atoms with E-state index in [1.807, 2.05) is 19.1 Å². The third kappa shape index (κ3) is 6.87. The van der Waals surface area contributed by atoms with Crippen LogP contribution in [0.4, 0.5) is 26.0 Å². The molecule has 1 saturated heterocycles. The lowest BCUT2D eigenvalue weighted by atomic mass is 9.94. The van der Waals surface area contributed by atoms with Crippen LogP contribution in [0.1, 0.15) is 41.4 Å². The number of halogens is 2. The number of carbonyl (C=O) groups excluding carboxylic acids is 1. The maximum Gasteiger partial charge on any atom is 0.258 e. The van der Waals surface area contributed by atoms with Crippen molar-refractivity contribution in [3.8, 4) is 22.8 Å². The fraction of sp³-hybridized carbons (Fsp3) is 0.324. The van der Waals surface area contributed by atoms with E-state index in [-0.39, 0.29) is 30.3 Å². The van der Waals surface area contributed by atoms with Crippen LogP contribution >= 0.6 is 12.6 Å². The number of fused-ring (bicyclic) bond motifs is 1. The van der Waals surface area contributed by atoms with Crippen molar-refractivity contribution in [1.29, 1.82) is 0 Å². The van der Waals surface area contributed by atoms with E-state index in [1.54, 1.807) is 49.8 Å². The maximum atomic E-state index is 14.9. The van der Waals surface area contributed by atoms with E-state index in [4.69, 9.17) is 9.47 Å². The first-order valence-electron chi connectivity index (χ1n) is 14.8. The molecular weight excluding hydrogens is 612 g/mol. The molecule has 0 atom stereocenters. The molecule has 2 aromatic heterocycles. The van der Waals surface area contributed by atoms with Gasteiger partial charge in [-0.05, 0) is 68.5 Å². The largest absolute Gasteiger partial charge is 0.497 e. The molecule has 2 N–H and O–H groups in total. The van der Waals surface area contributed by atoms with E-state index < -0.39 is 17.2 Å². The number of hydrogen-bond donors (Lipinski definition) is 3. The van der Waals surface area contributed by atoms with Crippen LogP contribution in [0.15, 0.2) is 60.8 Å². The van der Waals surface area contributed by atoms with Crippen molar-refractivity contribution < 1.29 is 28.2 Å². The van der Waals surface area contributed by atoms with Gasteiger partial charge in [-0.1, -0.05) is 6.07 Å². The Kier molecular flexibility index (Phi) is 9.97. The molecule has 12 heteroatoms. The Hall–Kier alpha value is -4.42. The lowest BCUT2D eigenvalue weighted by Gasteiger charge is -2.37. The van der Waals surface area contributed by atoms with Gasteiger partial charge < -0.3 is 29.7 Å². The van der Waals surface area contributed by atoms with E-state index in [0.29, 0.717) is 60.2 Å². The van der Waals surface area contributed by atoms with Gasteiger partial charge in [0.2, 0.25) is 0 Å². The summed E-state index contributed by atoms with van der Waals surface area (Å²) in [5.41, 5.74) is 1.85. The quantitative estimate of drug-likeness (QED) is 0.193. The highest BCUT2D eigenvalue weighted by atomic mass is 32.1. The van der Waals surface area contributed by atoms with Gasteiger partial charge in [-0.15, -0.1) is 0 Å². The number of nitrogens with zero attached hydrogens (tertiary/aromatic N) is 4. The number of thiol groups is 1. The molecule has 2 aliphatic rings. The maximum absolute atomic E-state index is 14.9. The van der Waals surface area contributed by atoms with Crippen LogP contribution in [-0.4, -0.2) is 65.0 Å². The first-order valence-corrected chi connectivity index (χ1v) is 15.7. The van der Waals surface area contributed by atoms with Crippen molar-refractivity contribution in [3.63, 3.8) is 0 Å². The van der Waals surface area contributed by atoms with E-state index in [2.05, 4.69) is 32.8 Å². The number of methoxy groups -OCH3 is 2. The number of piperidine rings is 1. The first-order chi connectivity index (χ1) is 22.2.